The average Bonchev–Trinajstić information content (AvgIpc) is 2.74. The van der Waals surface area contributed by atoms with E-state index in [1.807, 2.05) is 0 Å². The van der Waals surface area contributed by atoms with Crippen LogP contribution >= 0.6 is 38.9 Å². The molecule has 0 aliphatic rings. The van der Waals surface area contributed by atoms with Crippen LogP contribution in [0.1, 0.15) is 15.2 Å². The van der Waals surface area contributed by atoms with E-state index >= 15 is 0 Å². The molecule has 0 N–H and O–H groups in total. The van der Waals surface area contributed by atoms with E-state index < -0.39 is 0 Å². The maximum absolute atomic E-state index is 13.5. The number of ketones is 1. The minimum absolute atomic E-state index is 0.186. The number of carbonyl (C=O) groups is 1. The Labute approximate surface area is 121 Å². The van der Waals surface area contributed by atoms with Crippen molar-refractivity contribution in [3.05, 3.63) is 61.5 Å². The zero-order valence-electron chi connectivity index (χ0n) is 8.99. The summed E-state index contributed by atoms with van der Waals surface area (Å²) in [6.07, 6.45) is 2.80. The lowest BCUT2D eigenvalue weighted by Gasteiger charge is -1.97. The SMILES string of the molecule is O=C(/C=C/c1ccc(Br)cc1F)c1ccc(Cl)s1. The molecule has 1 nitrogen and oxygen atoms in total. The normalized spacial score (nSPS) is 11.1. The first-order valence-corrected chi connectivity index (χ1v) is 6.98. The number of thiophene rings is 1. The van der Waals surface area contributed by atoms with Crippen LogP contribution in [0.5, 0.6) is 0 Å². The van der Waals surface area contributed by atoms with Crippen molar-refractivity contribution in [2.45, 2.75) is 0 Å². The van der Waals surface area contributed by atoms with Crippen molar-refractivity contribution in [2.24, 2.45) is 0 Å². The number of hydrogen-bond donors (Lipinski definition) is 0. The van der Waals surface area contributed by atoms with Crippen molar-refractivity contribution >= 4 is 50.7 Å². The summed E-state index contributed by atoms with van der Waals surface area (Å²) < 4.78 is 14.7. The molecule has 92 valence electrons. The van der Waals surface area contributed by atoms with Gasteiger partial charge in [-0.25, -0.2) is 4.39 Å². The second kappa shape index (κ2) is 5.78. The lowest BCUT2D eigenvalue weighted by atomic mass is 10.2. The largest absolute Gasteiger partial charge is 0.288 e. The number of halogens is 3. The minimum atomic E-state index is -0.377. The molecule has 0 amide bonds. The lowest BCUT2D eigenvalue weighted by Crippen LogP contribution is -1.89. The highest BCUT2D eigenvalue weighted by atomic mass is 79.9. The molecule has 0 atom stereocenters. The number of benzene rings is 1. The second-order valence-electron chi connectivity index (χ2n) is 3.47. The predicted octanol–water partition coefficient (Wildman–Crippen LogP) is 5.20. The van der Waals surface area contributed by atoms with E-state index in [2.05, 4.69) is 15.9 Å². The van der Waals surface area contributed by atoms with Crippen molar-refractivity contribution in [1.82, 2.24) is 0 Å². The summed E-state index contributed by atoms with van der Waals surface area (Å²) in [4.78, 5) is 12.3. The van der Waals surface area contributed by atoms with Crippen molar-refractivity contribution in [3.63, 3.8) is 0 Å². The fraction of sp³-hybridized carbons (Fsp3) is 0. The fourth-order valence-corrected chi connectivity index (χ4v) is 2.63. The number of rotatable bonds is 3. The van der Waals surface area contributed by atoms with Gasteiger partial charge in [-0.1, -0.05) is 33.6 Å². The molecule has 1 heterocycles. The van der Waals surface area contributed by atoms with E-state index in [0.717, 1.165) is 0 Å². The van der Waals surface area contributed by atoms with Gasteiger partial charge >= 0.3 is 0 Å². The first-order valence-electron chi connectivity index (χ1n) is 4.99. The van der Waals surface area contributed by atoms with Gasteiger partial charge in [-0.2, -0.15) is 0 Å². The van der Waals surface area contributed by atoms with E-state index in [9.17, 15) is 9.18 Å². The van der Waals surface area contributed by atoms with Crippen LogP contribution in [-0.2, 0) is 0 Å². The Bertz CT molecular complexity index is 621. The summed E-state index contributed by atoms with van der Waals surface area (Å²) in [5.74, 6) is -0.563. The molecule has 0 saturated heterocycles. The molecular weight excluding hydrogens is 339 g/mol. The van der Waals surface area contributed by atoms with Gasteiger partial charge in [0.15, 0.2) is 5.78 Å². The molecule has 0 unspecified atom stereocenters. The quantitative estimate of drug-likeness (QED) is 0.552. The van der Waals surface area contributed by atoms with Crippen LogP contribution in [0, 0.1) is 5.82 Å². The highest BCUT2D eigenvalue weighted by molar-refractivity contribution is 9.10. The molecule has 0 aliphatic carbocycles. The molecule has 1 aromatic heterocycles. The van der Waals surface area contributed by atoms with Crippen LogP contribution in [0.2, 0.25) is 4.34 Å². The Balaban J connectivity index is 2.18. The molecule has 5 heteroatoms. The van der Waals surface area contributed by atoms with Crippen LogP contribution in [0.25, 0.3) is 6.08 Å². The molecule has 0 spiro atoms. The third-order valence-electron chi connectivity index (χ3n) is 2.19. The van der Waals surface area contributed by atoms with E-state index in [1.165, 1.54) is 29.6 Å². The van der Waals surface area contributed by atoms with Crippen LogP contribution in [0.3, 0.4) is 0 Å². The van der Waals surface area contributed by atoms with Gasteiger partial charge in [0.05, 0.1) is 9.21 Å². The first kappa shape index (κ1) is 13.5. The molecule has 1 aromatic carbocycles. The van der Waals surface area contributed by atoms with Crippen LogP contribution in [-0.4, -0.2) is 5.78 Å². The van der Waals surface area contributed by atoms with Crippen molar-refractivity contribution in [3.8, 4) is 0 Å². The highest BCUT2D eigenvalue weighted by Crippen LogP contribution is 2.22. The molecule has 2 rings (SSSR count). The molecule has 0 bridgehead atoms. The van der Waals surface area contributed by atoms with Crippen molar-refractivity contribution in [1.29, 1.82) is 0 Å². The summed E-state index contributed by atoms with van der Waals surface area (Å²) >= 11 is 10.1. The molecule has 0 aliphatic heterocycles. The van der Waals surface area contributed by atoms with Gasteiger partial charge in [0.2, 0.25) is 0 Å². The van der Waals surface area contributed by atoms with Gasteiger partial charge in [0.1, 0.15) is 5.82 Å². The van der Waals surface area contributed by atoms with Gasteiger partial charge in [-0.15, -0.1) is 11.3 Å². The van der Waals surface area contributed by atoms with Crippen LogP contribution in [0.15, 0.2) is 40.9 Å². The summed E-state index contributed by atoms with van der Waals surface area (Å²) in [7, 11) is 0. The third-order valence-corrected chi connectivity index (χ3v) is 3.93. The van der Waals surface area contributed by atoms with Gasteiger partial charge in [-0.3, -0.25) is 4.79 Å². The molecule has 0 saturated carbocycles. The highest BCUT2D eigenvalue weighted by Gasteiger charge is 2.05. The standard InChI is InChI=1S/C13H7BrClFOS/c14-9-3-1-8(10(16)7-9)2-4-11(17)12-5-6-13(15)18-12/h1-7H/b4-2+. The Morgan fingerprint density at radius 1 is 1.33 bits per heavy atom. The second-order valence-corrected chi connectivity index (χ2v) is 6.10. The maximum atomic E-state index is 13.5. The molecule has 0 radical (unpaired) electrons. The lowest BCUT2D eigenvalue weighted by molar-refractivity contribution is 0.105. The van der Waals surface area contributed by atoms with Gasteiger partial charge < -0.3 is 0 Å². The Hall–Kier alpha value is -0.970. The average molecular weight is 346 g/mol. The predicted molar refractivity (Wildman–Crippen MR) is 76.8 cm³/mol. The third kappa shape index (κ3) is 3.28. The number of carbonyl (C=O) groups excluding carboxylic acids is 1. The zero-order valence-corrected chi connectivity index (χ0v) is 12.2. The summed E-state index contributed by atoms with van der Waals surface area (Å²) in [5, 5.41) is 0. The summed E-state index contributed by atoms with van der Waals surface area (Å²) in [5.41, 5.74) is 0.370. The molecule has 2 aromatic rings. The minimum Gasteiger partial charge on any atom is -0.288 e. The number of allylic oxidation sites excluding steroid dienone is 1. The van der Waals surface area contributed by atoms with Crippen molar-refractivity contribution in [2.75, 3.05) is 0 Å². The van der Waals surface area contributed by atoms with Crippen LogP contribution < -0.4 is 0 Å². The topological polar surface area (TPSA) is 17.1 Å². The van der Waals surface area contributed by atoms with Crippen molar-refractivity contribution < 1.29 is 9.18 Å². The Morgan fingerprint density at radius 3 is 2.72 bits per heavy atom. The van der Waals surface area contributed by atoms with E-state index in [0.29, 0.717) is 19.2 Å². The fourth-order valence-electron chi connectivity index (χ4n) is 1.33. The first-order chi connectivity index (χ1) is 8.56. The van der Waals surface area contributed by atoms with Crippen LogP contribution in [0.4, 0.5) is 4.39 Å². The maximum Gasteiger partial charge on any atom is 0.195 e. The smallest absolute Gasteiger partial charge is 0.195 e. The van der Waals surface area contributed by atoms with Gasteiger partial charge in [0.25, 0.3) is 0 Å². The van der Waals surface area contributed by atoms with Gasteiger partial charge in [-0.05, 0) is 36.4 Å². The molecule has 0 fully saturated rings. The Kier molecular flexibility index (Phi) is 4.32. The molecule has 18 heavy (non-hydrogen) atoms. The zero-order chi connectivity index (χ0) is 13.1. The van der Waals surface area contributed by atoms with E-state index in [1.54, 1.807) is 24.3 Å². The van der Waals surface area contributed by atoms with E-state index in [-0.39, 0.29) is 11.6 Å². The summed E-state index contributed by atoms with van der Waals surface area (Å²) in [6.45, 7) is 0. The summed E-state index contributed by atoms with van der Waals surface area (Å²) in [6, 6.07) is 7.98. The molecular formula is C13H7BrClFOS. The monoisotopic (exact) mass is 344 g/mol. The van der Waals surface area contributed by atoms with E-state index in [4.69, 9.17) is 11.6 Å². The van der Waals surface area contributed by atoms with Gasteiger partial charge in [0, 0.05) is 10.0 Å². The Morgan fingerprint density at radius 2 is 2.11 bits per heavy atom. The number of hydrogen-bond acceptors (Lipinski definition) is 2.